The molecule has 0 bridgehead atoms. The number of nitrogens with one attached hydrogen (secondary N) is 1. The average molecular weight is 282 g/mol. The molecule has 7 nitrogen and oxygen atoms in total. The van der Waals surface area contributed by atoms with Gasteiger partial charge >= 0.3 is 5.97 Å². The Morgan fingerprint density at radius 3 is 2.39 bits per heavy atom. The van der Waals surface area contributed by atoms with Gasteiger partial charge in [0.1, 0.15) is 0 Å². The Morgan fingerprint density at radius 2 is 1.83 bits per heavy atom. The van der Waals surface area contributed by atoms with Gasteiger partial charge in [-0.05, 0) is 12.8 Å². The van der Waals surface area contributed by atoms with Gasteiger partial charge in [0.15, 0.2) is 0 Å². The largest absolute Gasteiger partial charge is 0.481 e. The molecule has 0 rings (SSSR count). The lowest BCUT2D eigenvalue weighted by Crippen LogP contribution is -2.39. The molecule has 0 unspecified atom stereocenters. The molecule has 0 fully saturated rings. The molecule has 0 aromatic heterocycles. The van der Waals surface area contributed by atoms with E-state index >= 15 is 0 Å². The fourth-order valence-electron chi connectivity index (χ4n) is 1.27. The monoisotopic (exact) mass is 282 g/mol. The maximum Gasteiger partial charge on any atom is 0.304 e. The Kier molecular flexibility index (Phi) is 8.90. The minimum Gasteiger partial charge on any atom is -0.481 e. The van der Waals surface area contributed by atoms with Crippen molar-refractivity contribution in [2.75, 3.05) is 26.7 Å². The SMILES string of the molecule is CN(CCC(=O)O)S(=O)(=O)NCCCCCCO. The zero-order chi connectivity index (χ0) is 14.0. The normalized spacial score (nSPS) is 11.9. The molecule has 0 aliphatic carbocycles. The molecule has 3 N–H and O–H groups in total. The van der Waals surface area contributed by atoms with E-state index in [-0.39, 0.29) is 19.6 Å². The molecular weight excluding hydrogens is 260 g/mol. The first-order chi connectivity index (χ1) is 8.40. The van der Waals surface area contributed by atoms with Gasteiger partial charge in [-0.3, -0.25) is 4.79 Å². The topological polar surface area (TPSA) is 107 Å². The van der Waals surface area contributed by atoms with Gasteiger partial charge in [-0.15, -0.1) is 0 Å². The summed E-state index contributed by atoms with van der Waals surface area (Å²) in [5.74, 6) is -1.03. The van der Waals surface area contributed by atoms with Crippen molar-refractivity contribution in [3.8, 4) is 0 Å². The van der Waals surface area contributed by atoms with Gasteiger partial charge in [-0.2, -0.15) is 12.7 Å². The number of aliphatic hydroxyl groups is 1. The molecule has 0 aliphatic rings. The summed E-state index contributed by atoms with van der Waals surface area (Å²) >= 11 is 0. The van der Waals surface area contributed by atoms with Crippen molar-refractivity contribution in [2.45, 2.75) is 32.1 Å². The van der Waals surface area contributed by atoms with Gasteiger partial charge in [0.2, 0.25) is 0 Å². The van der Waals surface area contributed by atoms with E-state index < -0.39 is 16.2 Å². The number of nitrogens with zero attached hydrogens (tertiary/aromatic N) is 1. The van der Waals surface area contributed by atoms with Crippen LogP contribution in [0.4, 0.5) is 0 Å². The summed E-state index contributed by atoms with van der Waals surface area (Å²) in [5.41, 5.74) is 0. The van der Waals surface area contributed by atoms with Gasteiger partial charge in [0.25, 0.3) is 10.2 Å². The van der Waals surface area contributed by atoms with Crippen LogP contribution >= 0.6 is 0 Å². The maximum absolute atomic E-state index is 11.6. The zero-order valence-corrected chi connectivity index (χ0v) is 11.4. The molecule has 0 saturated carbocycles. The van der Waals surface area contributed by atoms with Crippen molar-refractivity contribution in [1.29, 1.82) is 0 Å². The summed E-state index contributed by atoms with van der Waals surface area (Å²) in [6, 6.07) is 0. The number of aliphatic hydroxyl groups excluding tert-OH is 1. The summed E-state index contributed by atoms with van der Waals surface area (Å²) < 4.78 is 26.6. The molecule has 0 spiro atoms. The molecule has 0 radical (unpaired) electrons. The van der Waals surface area contributed by atoms with Crippen molar-refractivity contribution in [3.05, 3.63) is 0 Å². The highest BCUT2D eigenvalue weighted by Gasteiger charge is 2.17. The molecule has 0 amide bonds. The molecule has 0 saturated heterocycles. The number of carbonyl (C=O) groups is 1. The van der Waals surface area contributed by atoms with Crippen molar-refractivity contribution >= 4 is 16.2 Å². The highest BCUT2D eigenvalue weighted by Crippen LogP contribution is 2.00. The van der Waals surface area contributed by atoms with Crippen LogP contribution in [0, 0.1) is 0 Å². The predicted molar refractivity (Wildman–Crippen MR) is 67.4 cm³/mol. The maximum atomic E-state index is 11.6. The molecule has 0 heterocycles. The molecule has 0 aliphatic heterocycles. The second kappa shape index (κ2) is 9.26. The fourth-order valence-corrected chi connectivity index (χ4v) is 2.23. The molecular formula is C10H22N2O5S. The van der Waals surface area contributed by atoms with Gasteiger partial charge in [0, 0.05) is 26.7 Å². The second-order valence-corrected chi connectivity index (χ2v) is 5.86. The lowest BCUT2D eigenvalue weighted by Gasteiger charge is -2.16. The summed E-state index contributed by atoms with van der Waals surface area (Å²) in [5, 5.41) is 17.0. The Morgan fingerprint density at radius 1 is 1.22 bits per heavy atom. The van der Waals surface area contributed by atoms with E-state index in [1.165, 1.54) is 7.05 Å². The first-order valence-electron chi connectivity index (χ1n) is 5.93. The van der Waals surface area contributed by atoms with Crippen LogP contribution in [-0.4, -0.2) is 55.6 Å². The minimum atomic E-state index is -3.58. The van der Waals surface area contributed by atoms with E-state index in [4.69, 9.17) is 10.2 Å². The second-order valence-electron chi connectivity index (χ2n) is 4.00. The number of unbranched alkanes of at least 4 members (excludes halogenated alkanes) is 3. The Bertz CT molecular complexity index is 331. The molecule has 8 heteroatoms. The van der Waals surface area contributed by atoms with Crippen molar-refractivity contribution in [3.63, 3.8) is 0 Å². The minimum absolute atomic E-state index is 0.0464. The molecule has 0 aromatic carbocycles. The highest BCUT2D eigenvalue weighted by atomic mass is 32.2. The van der Waals surface area contributed by atoms with Crippen LogP contribution in [0.3, 0.4) is 0 Å². The summed E-state index contributed by atoms with van der Waals surface area (Å²) in [7, 11) is -2.23. The quantitative estimate of drug-likeness (QED) is 0.454. The summed E-state index contributed by atoms with van der Waals surface area (Å²) in [6.45, 7) is 0.435. The summed E-state index contributed by atoms with van der Waals surface area (Å²) in [6.07, 6.45) is 2.93. The van der Waals surface area contributed by atoms with Gasteiger partial charge < -0.3 is 10.2 Å². The van der Waals surface area contributed by atoms with E-state index in [0.29, 0.717) is 13.0 Å². The highest BCUT2D eigenvalue weighted by molar-refractivity contribution is 7.87. The van der Waals surface area contributed by atoms with Crippen molar-refractivity contribution in [1.82, 2.24) is 9.03 Å². The lowest BCUT2D eigenvalue weighted by atomic mass is 10.2. The summed E-state index contributed by atoms with van der Waals surface area (Å²) in [4.78, 5) is 10.3. The smallest absolute Gasteiger partial charge is 0.304 e. The standard InChI is InChI=1S/C10H22N2O5S/c1-12(8-6-10(14)15)18(16,17)11-7-4-2-3-5-9-13/h11,13H,2-9H2,1H3,(H,14,15). The Balaban J connectivity index is 3.81. The number of aliphatic carboxylic acids is 1. The van der Waals surface area contributed by atoms with Crippen LogP contribution in [0.2, 0.25) is 0 Å². The van der Waals surface area contributed by atoms with Crippen LogP contribution in [-0.2, 0) is 15.0 Å². The fraction of sp³-hybridized carbons (Fsp3) is 0.900. The third-order valence-electron chi connectivity index (χ3n) is 2.42. The van der Waals surface area contributed by atoms with E-state index in [1.54, 1.807) is 0 Å². The predicted octanol–water partition coefficient (Wildman–Crippen LogP) is -0.220. The average Bonchev–Trinajstić information content (AvgIpc) is 2.30. The van der Waals surface area contributed by atoms with Gasteiger partial charge in [-0.25, -0.2) is 4.72 Å². The molecule has 18 heavy (non-hydrogen) atoms. The van der Waals surface area contributed by atoms with Crippen LogP contribution in [0.25, 0.3) is 0 Å². The van der Waals surface area contributed by atoms with Crippen molar-refractivity contribution in [2.24, 2.45) is 0 Å². The number of rotatable bonds is 11. The lowest BCUT2D eigenvalue weighted by molar-refractivity contribution is -0.137. The molecule has 108 valence electrons. The van der Waals surface area contributed by atoms with Crippen molar-refractivity contribution < 1.29 is 23.4 Å². The zero-order valence-electron chi connectivity index (χ0n) is 10.6. The number of hydrogen-bond donors (Lipinski definition) is 3. The van der Waals surface area contributed by atoms with Gasteiger partial charge in [0.05, 0.1) is 6.42 Å². The van der Waals surface area contributed by atoms with Crippen LogP contribution in [0.5, 0.6) is 0 Å². The molecule has 0 atom stereocenters. The Hall–Kier alpha value is -0.700. The third kappa shape index (κ3) is 8.40. The van der Waals surface area contributed by atoms with Gasteiger partial charge in [-0.1, -0.05) is 12.8 Å². The first-order valence-corrected chi connectivity index (χ1v) is 7.37. The number of carboxylic acid groups (broad SMARTS) is 1. The first kappa shape index (κ1) is 17.3. The van der Waals surface area contributed by atoms with E-state index in [9.17, 15) is 13.2 Å². The van der Waals surface area contributed by atoms with E-state index in [2.05, 4.69) is 4.72 Å². The number of carboxylic acids is 1. The van der Waals surface area contributed by atoms with Crippen LogP contribution < -0.4 is 4.72 Å². The molecule has 0 aromatic rings. The van der Waals surface area contributed by atoms with Crippen LogP contribution in [0.1, 0.15) is 32.1 Å². The van der Waals surface area contributed by atoms with Crippen LogP contribution in [0.15, 0.2) is 0 Å². The number of hydrogen-bond acceptors (Lipinski definition) is 4. The Labute approximate surface area is 108 Å². The third-order valence-corrected chi connectivity index (χ3v) is 3.99. The van der Waals surface area contributed by atoms with E-state index in [0.717, 1.165) is 23.6 Å². The van der Waals surface area contributed by atoms with E-state index in [1.807, 2.05) is 0 Å².